The highest BCUT2D eigenvalue weighted by atomic mass is 32.2. The van der Waals surface area contributed by atoms with Crippen LogP contribution in [0.25, 0.3) is 0 Å². The van der Waals surface area contributed by atoms with Crippen molar-refractivity contribution in [3.05, 3.63) is 24.3 Å². The van der Waals surface area contributed by atoms with Crippen LogP contribution in [-0.2, 0) is 9.84 Å². The van der Waals surface area contributed by atoms with Crippen molar-refractivity contribution in [3.63, 3.8) is 0 Å². The SMILES string of the molecule is COc1cccc(S(=O)(=O)CCN2[C@H]3[C@H](O)[C@@H]4C[C@H]3[C@H]3[C@H](O)[C@@H]2C[C@H]43)c1. The van der Waals surface area contributed by atoms with Crippen LogP contribution in [0.4, 0.5) is 0 Å². The number of aliphatic hydroxyl groups is 2. The molecule has 4 aliphatic rings. The van der Waals surface area contributed by atoms with E-state index in [4.69, 9.17) is 4.74 Å². The van der Waals surface area contributed by atoms with E-state index in [0.29, 0.717) is 30.0 Å². The highest BCUT2D eigenvalue weighted by Crippen LogP contribution is 2.64. The zero-order valence-electron chi connectivity index (χ0n) is 14.7. The number of hydrogen-bond acceptors (Lipinski definition) is 6. The van der Waals surface area contributed by atoms with E-state index in [9.17, 15) is 18.6 Å². The summed E-state index contributed by atoms with van der Waals surface area (Å²) in [6.07, 6.45) is 1.11. The maximum Gasteiger partial charge on any atom is 0.179 e. The number of sulfone groups is 1. The van der Waals surface area contributed by atoms with Crippen LogP contribution in [0.5, 0.6) is 5.75 Å². The Labute approximate surface area is 153 Å². The van der Waals surface area contributed by atoms with Crippen molar-refractivity contribution in [2.24, 2.45) is 23.7 Å². The van der Waals surface area contributed by atoms with Gasteiger partial charge < -0.3 is 14.9 Å². The first-order valence-electron chi connectivity index (χ1n) is 9.41. The molecule has 1 saturated heterocycles. The Balaban J connectivity index is 1.38. The fourth-order valence-corrected chi connectivity index (χ4v) is 7.74. The van der Waals surface area contributed by atoms with Gasteiger partial charge in [-0.25, -0.2) is 8.42 Å². The summed E-state index contributed by atoms with van der Waals surface area (Å²) < 4.78 is 30.7. The molecular formula is C19H25NO5S. The minimum Gasteiger partial charge on any atom is -0.497 e. The molecule has 0 spiro atoms. The normalized spacial score (nSPS) is 43.3. The Morgan fingerprint density at radius 2 is 1.96 bits per heavy atom. The van der Waals surface area contributed by atoms with Crippen LogP contribution >= 0.6 is 0 Å². The lowest BCUT2D eigenvalue weighted by Gasteiger charge is -2.48. The summed E-state index contributed by atoms with van der Waals surface area (Å²) in [5.41, 5.74) is 0. The second-order valence-corrected chi connectivity index (χ2v) is 10.4. The molecule has 3 aliphatic carbocycles. The van der Waals surface area contributed by atoms with Gasteiger partial charge in [-0.3, -0.25) is 4.90 Å². The van der Waals surface area contributed by atoms with Crippen LogP contribution < -0.4 is 4.74 Å². The lowest BCUT2D eigenvalue weighted by molar-refractivity contribution is -0.0960. The van der Waals surface area contributed by atoms with Crippen LogP contribution in [0.1, 0.15) is 12.8 Å². The van der Waals surface area contributed by atoms with Gasteiger partial charge in [-0.1, -0.05) is 6.07 Å². The highest BCUT2D eigenvalue weighted by molar-refractivity contribution is 7.91. The quantitative estimate of drug-likeness (QED) is 0.776. The molecule has 1 aliphatic heterocycles. The second-order valence-electron chi connectivity index (χ2n) is 8.32. The minimum absolute atomic E-state index is 0.00768. The number of benzene rings is 1. The second kappa shape index (κ2) is 5.67. The Morgan fingerprint density at radius 1 is 1.15 bits per heavy atom. The average Bonchev–Trinajstić information content (AvgIpc) is 3.21. The van der Waals surface area contributed by atoms with E-state index < -0.39 is 9.84 Å². The van der Waals surface area contributed by atoms with Gasteiger partial charge in [-0.15, -0.1) is 0 Å². The zero-order valence-corrected chi connectivity index (χ0v) is 15.5. The molecule has 6 nitrogen and oxygen atoms in total. The van der Waals surface area contributed by atoms with Gasteiger partial charge in [-0.2, -0.15) is 0 Å². The molecule has 0 radical (unpaired) electrons. The molecule has 0 aromatic heterocycles. The first-order chi connectivity index (χ1) is 12.4. The Morgan fingerprint density at radius 3 is 2.73 bits per heavy atom. The van der Waals surface area contributed by atoms with Crippen molar-refractivity contribution < 1.29 is 23.4 Å². The van der Waals surface area contributed by atoms with E-state index >= 15 is 0 Å². The number of piperidine rings is 1. The largest absolute Gasteiger partial charge is 0.497 e. The molecule has 5 rings (SSSR count). The van der Waals surface area contributed by atoms with Crippen LogP contribution in [0.2, 0.25) is 0 Å². The van der Waals surface area contributed by atoms with Crippen molar-refractivity contribution in [1.82, 2.24) is 4.90 Å². The maximum atomic E-state index is 12.8. The molecule has 3 saturated carbocycles. The van der Waals surface area contributed by atoms with E-state index in [1.54, 1.807) is 24.3 Å². The smallest absolute Gasteiger partial charge is 0.179 e. The summed E-state index contributed by atoms with van der Waals surface area (Å²) in [7, 11) is -1.94. The summed E-state index contributed by atoms with van der Waals surface area (Å²) in [5.74, 6) is 1.83. The van der Waals surface area contributed by atoms with Crippen LogP contribution in [0.3, 0.4) is 0 Å². The third-order valence-corrected chi connectivity index (χ3v) is 9.13. The van der Waals surface area contributed by atoms with Gasteiger partial charge in [0, 0.05) is 18.6 Å². The van der Waals surface area contributed by atoms with Crippen molar-refractivity contribution in [2.75, 3.05) is 19.4 Å². The average molecular weight is 379 g/mol. The van der Waals surface area contributed by atoms with Crippen LogP contribution in [0.15, 0.2) is 29.2 Å². The van der Waals surface area contributed by atoms with E-state index in [2.05, 4.69) is 4.90 Å². The summed E-state index contributed by atoms with van der Waals surface area (Å²) >= 11 is 0. The van der Waals surface area contributed by atoms with Crippen LogP contribution in [-0.4, -0.2) is 67.2 Å². The summed E-state index contributed by atoms with van der Waals surface area (Å²) in [5, 5.41) is 21.4. The predicted molar refractivity (Wildman–Crippen MR) is 94.5 cm³/mol. The van der Waals surface area contributed by atoms with Gasteiger partial charge >= 0.3 is 0 Å². The van der Waals surface area contributed by atoms with E-state index in [-0.39, 0.29) is 40.9 Å². The molecule has 4 fully saturated rings. The van der Waals surface area contributed by atoms with Crippen molar-refractivity contribution in [3.8, 4) is 5.75 Å². The van der Waals surface area contributed by atoms with Gasteiger partial charge in [0.25, 0.3) is 0 Å². The monoisotopic (exact) mass is 379 g/mol. The van der Waals surface area contributed by atoms with Crippen LogP contribution in [0, 0.1) is 23.7 Å². The lowest BCUT2D eigenvalue weighted by Crippen LogP contribution is -2.61. The molecule has 4 bridgehead atoms. The Kier molecular flexibility index (Phi) is 3.71. The summed E-state index contributed by atoms with van der Waals surface area (Å²) in [6, 6.07) is 6.54. The van der Waals surface area contributed by atoms with Gasteiger partial charge in [0.2, 0.25) is 0 Å². The van der Waals surface area contributed by atoms with Gasteiger partial charge in [-0.05, 0) is 54.7 Å². The highest BCUT2D eigenvalue weighted by Gasteiger charge is 2.69. The topological polar surface area (TPSA) is 87.1 Å². The number of nitrogens with zero attached hydrogens (tertiary/aromatic N) is 1. The van der Waals surface area contributed by atoms with Crippen molar-refractivity contribution in [1.29, 1.82) is 0 Å². The van der Waals surface area contributed by atoms with E-state index in [1.807, 2.05) is 0 Å². The maximum absolute atomic E-state index is 12.8. The van der Waals surface area contributed by atoms with Crippen molar-refractivity contribution in [2.45, 2.75) is 42.0 Å². The van der Waals surface area contributed by atoms with Gasteiger partial charge in [0.05, 0.1) is 30.0 Å². The van der Waals surface area contributed by atoms with E-state index in [0.717, 1.165) is 12.8 Å². The fourth-order valence-electron chi connectivity index (χ4n) is 6.48. The summed E-state index contributed by atoms with van der Waals surface area (Å²) in [4.78, 5) is 2.37. The number of methoxy groups -OCH3 is 1. The molecule has 26 heavy (non-hydrogen) atoms. The number of fused-ring (bicyclic) bond motifs is 3. The standard InChI is InChI=1S/C19H25NO5S/c1-25-10-3-2-4-11(7-10)26(23,24)6-5-20-15-9-12-13-8-14(16(12)19(15)22)17(20)18(13)21/h2-4,7,12-19,21-22H,5-6,8-9H2,1H3/t12-,13-,14+,15+,16+,17-,18-,19-/m1/s1. The third kappa shape index (κ3) is 2.17. The molecular weight excluding hydrogens is 354 g/mol. The first-order valence-corrected chi connectivity index (χ1v) is 11.1. The first kappa shape index (κ1) is 17.0. The summed E-state index contributed by atoms with van der Waals surface area (Å²) in [6.45, 7) is 0.353. The minimum atomic E-state index is -3.45. The van der Waals surface area contributed by atoms with Crippen molar-refractivity contribution >= 4 is 9.84 Å². The Bertz CT molecular complexity index is 827. The molecule has 142 valence electrons. The van der Waals surface area contributed by atoms with E-state index in [1.165, 1.54) is 7.11 Å². The molecule has 1 aromatic carbocycles. The number of rotatable bonds is 5. The van der Waals surface area contributed by atoms with Gasteiger partial charge in [0.15, 0.2) is 9.84 Å². The third-order valence-electron chi connectivity index (χ3n) is 7.44. The predicted octanol–water partition coefficient (Wildman–Crippen LogP) is 0.529. The molecule has 2 N–H and O–H groups in total. The molecule has 1 heterocycles. The zero-order chi connectivity index (χ0) is 18.2. The molecule has 0 amide bonds. The van der Waals surface area contributed by atoms with Gasteiger partial charge in [0.1, 0.15) is 5.75 Å². The number of ether oxygens (including phenoxy) is 1. The molecule has 8 atom stereocenters. The lowest BCUT2D eigenvalue weighted by atomic mass is 9.75. The number of hydrogen-bond donors (Lipinski definition) is 2. The fraction of sp³-hybridized carbons (Fsp3) is 0.684. The Hall–Kier alpha value is -1.15. The molecule has 0 unspecified atom stereocenters. The number of aliphatic hydroxyl groups excluding tert-OH is 2. The number of likely N-dealkylation sites (tertiary alicyclic amines) is 1. The molecule has 1 aromatic rings. The molecule has 7 heteroatoms.